The van der Waals surface area contributed by atoms with Gasteiger partial charge in [0.25, 0.3) is 5.89 Å². The third kappa shape index (κ3) is 2.34. The van der Waals surface area contributed by atoms with Crippen LogP contribution in [0.25, 0.3) is 10.8 Å². The van der Waals surface area contributed by atoms with E-state index in [-0.39, 0.29) is 0 Å². The average molecular weight is 224 g/mol. The van der Waals surface area contributed by atoms with E-state index in [2.05, 4.69) is 10.1 Å². The minimum Gasteiger partial charge on any atom is -0.391 e. The van der Waals surface area contributed by atoms with E-state index in [4.69, 9.17) is 10.3 Å². The van der Waals surface area contributed by atoms with Gasteiger partial charge in [-0.05, 0) is 26.2 Å². The first-order valence-corrected chi connectivity index (χ1v) is 5.30. The molecule has 15 heavy (non-hydrogen) atoms. The molecule has 0 bridgehead atoms. The zero-order chi connectivity index (χ0) is 10.8. The van der Waals surface area contributed by atoms with Gasteiger partial charge in [0.15, 0.2) is 5.82 Å². The van der Waals surface area contributed by atoms with Gasteiger partial charge in [0.05, 0.1) is 16.4 Å². The Morgan fingerprint density at radius 1 is 1.47 bits per heavy atom. The smallest absolute Gasteiger partial charge is 0.268 e. The molecule has 0 saturated heterocycles. The minimum atomic E-state index is 0.536. The van der Waals surface area contributed by atoms with Gasteiger partial charge in [0.1, 0.15) is 0 Å². The quantitative estimate of drug-likeness (QED) is 0.854. The first-order chi connectivity index (χ1) is 7.15. The minimum absolute atomic E-state index is 0.536. The predicted octanol–water partition coefficient (Wildman–Crippen LogP) is 1.44. The number of nitrogens with two attached hydrogens (primary N) is 1. The SMILES string of the molecule is CN(C)Cc1noc(-c2ccc(N)s2)n1. The van der Waals surface area contributed by atoms with E-state index in [1.807, 2.05) is 31.1 Å². The lowest BCUT2D eigenvalue weighted by molar-refractivity contribution is 0.366. The monoisotopic (exact) mass is 224 g/mol. The molecule has 0 radical (unpaired) electrons. The normalized spacial score (nSPS) is 11.1. The van der Waals surface area contributed by atoms with Crippen LogP contribution in [0.15, 0.2) is 16.7 Å². The largest absolute Gasteiger partial charge is 0.391 e. The second-order valence-corrected chi connectivity index (χ2v) is 4.57. The molecule has 80 valence electrons. The van der Waals surface area contributed by atoms with Crippen LogP contribution in [0.4, 0.5) is 5.00 Å². The molecule has 6 heteroatoms. The van der Waals surface area contributed by atoms with Crippen molar-refractivity contribution < 1.29 is 4.52 Å². The molecule has 2 N–H and O–H groups in total. The second-order valence-electron chi connectivity index (χ2n) is 3.46. The van der Waals surface area contributed by atoms with Crippen LogP contribution >= 0.6 is 11.3 Å². The van der Waals surface area contributed by atoms with E-state index in [9.17, 15) is 0 Å². The van der Waals surface area contributed by atoms with Crippen molar-refractivity contribution in [3.05, 3.63) is 18.0 Å². The molecule has 0 amide bonds. The third-order valence-corrected chi connectivity index (χ3v) is 2.67. The lowest BCUT2D eigenvalue weighted by Crippen LogP contribution is -2.11. The molecule has 2 aromatic heterocycles. The van der Waals surface area contributed by atoms with Crippen LogP contribution in [-0.2, 0) is 6.54 Å². The summed E-state index contributed by atoms with van der Waals surface area (Å²) in [6.07, 6.45) is 0. The van der Waals surface area contributed by atoms with E-state index >= 15 is 0 Å². The van der Waals surface area contributed by atoms with Gasteiger partial charge in [0.2, 0.25) is 0 Å². The topological polar surface area (TPSA) is 68.2 Å². The van der Waals surface area contributed by atoms with Gasteiger partial charge in [0, 0.05) is 0 Å². The van der Waals surface area contributed by atoms with Crippen LogP contribution in [0.2, 0.25) is 0 Å². The highest BCUT2D eigenvalue weighted by atomic mass is 32.1. The fourth-order valence-corrected chi connectivity index (χ4v) is 1.87. The standard InChI is InChI=1S/C9H12N4OS/c1-13(2)5-8-11-9(14-12-8)6-3-4-7(10)15-6/h3-4H,5,10H2,1-2H3. The Hall–Kier alpha value is -1.40. The summed E-state index contributed by atoms with van der Waals surface area (Å²) in [6.45, 7) is 0.671. The number of nitrogens with zero attached hydrogens (tertiary/aromatic N) is 3. The average Bonchev–Trinajstić information content (AvgIpc) is 2.72. The zero-order valence-corrected chi connectivity index (χ0v) is 9.41. The Kier molecular flexibility index (Phi) is 2.70. The summed E-state index contributed by atoms with van der Waals surface area (Å²) < 4.78 is 5.13. The van der Waals surface area contributed by atoms with Crippen molar-refractivity contribution in [1.82, 2.24) is 15.0 Å². The molecule has 0 spiro atoms. The van der Waals surface area contributed by atoms with E-state index in [1.165, 1.54) is 11.3 Å². The molecule has 0 aromatic carbocycles. The van der Waals surface area contributed by atoms with Gasteiger partial charge >= 0.3 is 0 Å². The molecule has 0 unspecified atom stereocenters. The molecule has 0 saturated carbocycles. The lowest BCUT2D eigenvalue weighted by Gasteiger charge is -2.03. The summed E-state index contributed by atoms with van der Waals surface area (Å²) in [4.78, 5) is 7.16. The molecule has 2 rings (SSSR count). The number of nitrogen functional groups attached to an aromatic ring is 1. The molecular formula is C9H12N4OS. The van der Waals surface area contributed by atoms with Crippen LogP contribution < -0.4 is 5.73 Å². The highest BCUT2D eigenvalue weighted by Gasteiger charge is 2.10. The number of anilines is 1. The number of aromatic nitrogens is 2. The molecule has 2 aromatic rings. The summed E-state index contributed by atoms with van der Waals surface area (Å²) >= 11 is 1.44. The zero-order valence-electron chi connectivity index (χ0n) is 8.60. The predicted molar refractivity (Wildman–Crippen MR) is 59.4 cm³/mol. The van der Waals surface area contributed by atoms with Gasteiger partial charge in [-0.2, -0.15) is 4.98 Å². The number of hydrogen-bond donors (Lipinski definition) is 1. The number of rotatable bonds is 3. The Morgan fingerprint density at radius 2 is 2.27 bits per heavy atom. The summed E-state index contributed by atoms with van der Waals surface area (Å²) in [5, 5.41) is 4.63. The van der Waals surface area contributed by atoms with Crippen LogP contribution in [0.5, 0.6) is 0 Å². The summed E-state index contributed by atoms with van der Waals surface area (Å²) in [5.74, 6) is 1.22. The van der Waals surface area contributed by atoms with Gasteiger partial charge in [-0.3, -0.25) is 0 Å². The van der Waals surface area contributed by atoms with Crippen molar-refractivity contribution in [2.24, 2.45) is 0 Å². The Balaban J connectivity index is 2.20. The summed E-state index contributed by atoms with van der Waals surface area (Å²) in [5.41, 5.74) is 5.62. The second kappa shape index (κ2) is 4.00. The van der Waals surface area contributed by atoms with Crippen molar-refractivity contribution in [3.8, 4) is 10.8 Å². The van der Waals surface area contributed by atoms with Gasteiger partial charge < -0.3 is 15.2 Å². The van der Waals surface area contributed by atoms with Crippen LogP contribution in [-0.4, -0.2) is 29.1 Å². The van der Waals surface area contributed by atoms with Crippen molar-refractivity contribution in [2.75, 3.05) is 19.8 Å². The van der Waals surface area contributed by atoms with E-state index in [0.29, 0.717) is 18.3 Å². The summed E-state index contributed by atoms with van der Waals surface area (Å²) in [6, 6.07) is 3.71. The van der Waals surface area contributed by atoms with Crippen molar-refractivity contribution >= 4 is 16.3 Å². The Morgan fingerprint density at radius 3 is 2.87 bits per heavy atom. The highest BCUT2D eigenvalue weighted by Crippen LogP contribution is 2.27. The van der Waals surface area contributed by atoms with Crippen molar-refractivity contribution in [1.29, 1.82) is 0 Å². The molecule has 0 aliphatic rings. The van der Waals surface area contributed by atoms with Gasteiger partial charge in [-0.15, -0.1) is 11.3 Å². The fraction of sp³-hybridized carbons (Fsp3) is 0.333. The maximum atomic E-state index is 5.62. The van der Waals surface area contributed by atoms with Gasteiger partial charge in [-0.25, -0.2) is 0 Å². The van der Waals surface area contributed by atoms with E-state index in [0.717, 1.165) is 9.88 Å². The molecule has 5 nitrogen and oxygen atoms in total. The molecule has 2 heterocycles. The third-order valence-electron chi connectivity index (χ3n) is 1.76. The Labute approximate surface area is 91.5 Å². The van der Waals surface area contributed by atoms with Crippen LogP contribution in [0.3, 0.4) is 0 Å². The first-order valence-electron chi connectivity index (χ1n) is 4.48. The first kappa shape index (κ1) is 10.1. The molecule has 0 atom stereocenters. The van der Waals surface area contributed by atoms with Crippen LogP contribution in [0.1, 0.15) is 5.82 Å². The van der Waals surface area contributed by atoms with E-state index < -0.39 is 0 Å². The van der Waals surface area contributed by atoms with Crippen molar-refractivity contribution in [2.45, 2.75) is 6.54 Å². The van der Waals surface area contributed by atoms with Gasteiger partial charge in [-0.1, -0.05) is 5.16 Å². The lowest BCUT2D eigenvalue weighted by atomic mass is 10.4. The highest BCUT2D eigenvalue weighted by molar-refractivity contribution is 7.19. The number of hydrogen-bond acceptors (Lipinski definition) is 6. The molecule has 0 aliphatic carbocycles. The molecule has 0 aliphatic heterocycles. The number of thiophene rings is 1. The maximum absolute atomic E-state index is 5.62. The Bertz CT molecular complexity index is 448. The summed E-state index contributed by atoms with van der Waals surface area (Å²) in [7, 11) is 3.92. The van der Waals surface area contributed by atoms with Crippen molar-refractivity contribution in [3.63, 3.8) is 0 Å². The van der Waals surface area contributed by atoms with E-state index in [1.54, 1.807) is 0 Å². The molecular weight excluding hydrogens is 212 g/mol. The van der Waals surface area contributed by atoms with Crippen LogP contribution in [0, 0.1) is 0 Å². The fourth-order valence-electron chi connectivity index (χ4n) is 1.17. The maximum Gasteiger partial charge on any atom is 0.268 e. The molecule has 0 fully saturated rings.